The Labute approximate surface area is 128 Å². The number of hydrogen-bond acceptors (Lipinski definition) is 3. The Morgan fingerprint density at radius 2 is 1.71 bits per heavy atom. The van der Waals surface area contributed by atoms with Crippen LogP contribution in [0.4, 0.5) is 4.79 Å². The summed E-state index contributed by atoms with van der Waals surface area (Å²) in [6.45, 7) is 10.1. The van der Waals surface area contributed by atoms with Crippen LogP contribution in [0.2, 0.25) is 0 Å². The molecule has 6 nitrogen and oxygen atoms in total. The number of amides is 2. The molecule has 1 unspecified atom stereocenters. The van der Waals surface area contributed by atoms with Gasteiger partial charge >= 0.3 is 12.0 Å². The van der Waals surface area contributed by atoms with Gasteiger partial charge in [0.25, 0.3) is 0 Å². The maximum absolute atomic E-state index is 12.4. The van der Waals surface area contributed by atoms with E-state index >= 15 is 0 Å². The molecule has 0 aliphatic heterocycles. The number of hydrogen-bond donors (Lipinski definition) is 2. The molecule has 0 rings (SSSR count). The Hall–Kier alpha value is -1.30. The number of aliphatic carboxylic acids is 1. The zero-order valence-corrected chi connectivity index (χ0v) is 14.4. The topological polar surface area (TPSA) is 72.9 Å². The second kappa shape index (κ2) is 8.22. The Kier molecular flexibility index (Phi) is 7.71. The first-order chi connectivity index (χ1) is 9.43. The average Bonchev–Trinajstić information content (AvgIpc) is 2.21. The molecule has 0 aromatic heterocycles. The van der Waals surface area contributed by atoms with Gasteiger partial charge in [-0.3, -0.25) is 4.79 Å². The van der Waals surface area contributed by atoms with E-state index in [9.17, 15) is 9.59 Å². The van der Waals surface area contributed by atoms with E-state index in [1.165, 1.54) is 4.90 Å². The quantitative estimate of drug-likeness (QED) is 0.753. The molecule has 2 amide bonds. The van der Waals surface area contributed by atoms with Crippen LogP contribution in [0.3, 0.4) is 0 Å². The van der Waals surface area contributed by atoms with E-state index in [0.29, 0.717) is 5.92 Å². The summed E-state index contributed by atoms with van der Waals surface area (Å²) in [4.78, 5) is 26.8. The third-order valence-corrected chi connectivity index (χ3v) is 3.02. The Morgan fingerprint density at radius 1 is 1.19 bits per heavy atom. The van der Waals surface area contributed by atoms with Gasteiger partial charge in [-0.2, -0.15) is 0 Å². The molecule has 0 aliphatic carbocycles. The molecule has 0 radical (unpaired) electrons. The van der Waals surface area contributed by atoms with Crippen LogP contribution in [0.15, 0.2) is 0 Å². The minimum atomic E-state index is -1.01. The largest absolute Gasteiger partial charge is 0.480 e. The van der Waals surface area contributed by atoms with Crippen molar-refractivity contribution in [2.24, 2.45) is 5.92 Å². The lowest BCUT2D eigenvalue weighted by Gasteiger charge is -2.36. The minimum Gasteiger partial charge on any atom is -0.480 e. The highest BCUT2D eigenvalue weighted by Gasteiger charge is 2.29. The summed E-state index contributed by atoms with van der Waals surface area (Å²) in [6, 6.07) is -0.316. The third-order valence-electron chi connectivity index (χ3n) is 3.02. The molecule has 0 aromatic rings. The zero-order valence-electron chi connectivity index (χ0n) is 14.4. The number of rotatable bonds is 7. The number of nitrogens with one attached hydrogen (secondary N) is 1. The number of carbonyl (C=O) groups excluding carboxylic acids is 1. The van der Waals surface area contributed by atoms with Gasteiger partial charge in [0.1, 0.15) is 6.54 Å². The fraction of sp³-hybridized carbons (Fsp3) is 0.867. The predicted molar refractivity (Wildman–Crippen MR) is 84.4 cm³/mol. The van der Waals surface area contributed by atoms with Crippen molar-refractivity contribution in [2.75, 3.05) is 27.2 Å². The monoisotopic (exact) mass is 301 g/mol. The van der Waals surface area contributed by atoms with Crippen LogP contribution in [-0.2, 0) is 4.79 Å². The number of nitrogens with zero attached hydrogens (tertiary/aromatic N) is 2. The van der Waals surface area contributed by atoms with E-state index < -0.39 is 11.5 Å². The van der Waals surface area contributed by atoms with Gasteiger partial charge in [0, 0.05) is 18.1 Å². The molecular formula is C15H31N3O3. The van der Waals surface area contributed by atoms with E-state index in [4.69, 9.17) is 5.11 Å². The SMILES string of the molecule is CC(C)CC(CN(C)C)NC(=O)N(CC(=O)O)C(C)(C)C. The second-order valence-electron chi connectivity index (χ2n) is 7.19. The number of carboxylic acid groups (broad SMARTS) is 1. The van der Waals surface area contributed by atoms with E-state index in [1.54, 1.807) is 0 Å². The molecule has 0 heterocycles. The lowest BCUT2D eigenvalue weighted by atomic mass is 10.0. The van der Waals surface area contributed by atoms with Crippen LogP contribution < -0.4 is 5.32 Å². The summed E-state index contributed by atoms with van der Waals surface area (Å²) in [6.07, 6.45) is 0.856. The van der Waals surface area contributed by atoms with E-state index in [1.807, 2.05) is 39.8 Å². The average molecular weight is 301 g/mol. The molecule has 21 heavy (non-hydrogen) atoms. The summed E-state index contributed by atoms with van der Waals surface area (Å²) < 4.78 is 0. The maximum atomic E-state index is 12.4. The van der Waals surface area contributed by atoms with Crippen LogP contribution >= 0.6 is 0 Å². The zero-order chi connectivity index (χ0) is 16.8. The standard InChI is InChI=1S/C15H31N3O3/c1-11(2)8-12(9-17(6)7)16-14(21)18(10-13(19)20)15(3,4)5/h11-12H,8-10H2,1-7H3,(H,16,21)(H,19,20). The molecule has 6 heteroatoms. The van der Waals surface area contributed by atoms with Crippen molar-refractivity contribution in [3.8, 4) is 0 Å². The molecule has 2 N–H and O–H groups in total. The first kappa shape index (κ1) is 19.7. The Morgan fingerprint density at radius 3 is 2.05 bits per heavy atom. The molecule has 124 valence electrons. The molecule has 0 saturated carbocycles. The fourth-order valence-electron chi connectivity index (χ4n) is 2.19. The van der Waals surface area contributed by atoms with Crippen molar-refractivity contribution >= 4 is 12.0 Å². The second-order valence-corrected chi connectivity index (χ2v) is 7.19. The predicted octanol–water partition coefficient (Wildman–Crippen LogP) is 1.86. The summed E-state index contributed by atoms with van der Waals surface area (Å²) in [5, 5.41) is 12.0. The van der Waals surface area contributed by atoms with Crippen molar-refractivity contribution in [1.29, 1.82) is 0 Å². The maximum Gasteiger partial charge on any atom is 0.323 e. The van der Waals surface area contributed by atoms with Crippen molar-refractivity contribution in [3.63, 3.8) is 0 Å². The summed E-state index contributed by atoms with van der Waals surface area (Å²) >= 11 is 0. The first-order valence-electron chi connectivity index (χ1n) is 7.38. The van der Waals surface area contributed by atoms with Gasteiger partial charge in [-0.05, 0) is 47.2 Å². The number of likely N-dealkylation sites (N-methyl/N-ethyl adjacent to an activating group) is 1. The van der Waals surface area contributed by atoms with Gasteiger partial charge in [-0.25, -0.2) is 4.79 Å². The van der Waals surface area contributed by atoms with Crippen LogP contribution in [-0.4, -0.2) is 65.7 Å². The fourth-order valence-corrected chi connectivity index (χ4v) is 2.19. The van der Waals surface area contributed by atoms with Gasteiger partial charge in [0.05, 0.1) is 0 Å². The minimum absolute atomic E-state index is 0.00569. The highest BCUT2D eigenvalue weighted by Crippen LogP contribution is 2.14. The number of carbonyl (C=O) groups is 2. The van der Waals surface area contributed by atoms with Crippen LogP contribution in [0.25, 0.3) is 0 Å². The van der Waals surface area contributed by atoms with Gasteiger partial charge in [0.2, 0.25) is 0 Å². The van der Waals surface area contributed by atoms with E-state index in [2.05, 4.69) is 19.2 Å². The molecule has 0 aromatic carbocycles. The third kappa shape index (κ3) is 8.55. The highest BCUT2D eigenvalue weighted by atomic mass is 16.4. The molecule has 0 fully saturated rings. The lowest BCUT2D eigenvalue weighted by Crippen LogP contribution is -2.55. The highest BCUT2D eigenvalue weighted by molar-refractivity contribution is 5.81. The smallest absolute Gasteiger partial charge is 0.323 e. The molecule has 1 atom stereocenters. The molecule has 0 spiro atoms. The number of urea groups is 1. The van der Waals surface area contributed by atoms with Gasteiger partial charge in [-0.1, -0.05) is 13.8 Å². The molecule has 0 bridgehead atoms. The first-order valence-corrected chi connectivity index (χ1v) is 7.38. The van der Waals surface area contributed by atoms with Gasteiger partial charge in [-0.15, -0.1) is 0 Å². The van der Waals surface area contributed by atoms with Crippen LogP contribution in [0.5, 0.6) is 0 Å². The summed E-state index contributed by atoms with van der Waals surface area (Å²) in [5.41, 5.74) is -0.539. The molecule has 0 saturated heterocycles. The number of carboxylic acids is 1. The summed E-state index contributed by atoms with van der Waals surface area (Å²) in [5.74, 6) is -0.550. The van der Waals surface area contributed by atoms with Crippen LogP contribution in [0.1, 0.15) is 41.0 Å². The Bertz CT molecular complexity index is 339. The van der Waals surface area contributed by atoms with Gasteiger partial charge in [0.15, 0.2) is 0 Å². The van der Waals surface area contributed by atoms with Gasteiger partial charge < -0.3 is 20.2 Å². The van der Waals surface area contributed by atoms with Crippen LogP contribution in [0, 0.1) is 5.92 Å². The molecular weight excluding hydrogens is 270 g/mol. The lowest BCUT2D eigenvalue weighted by molar-refractivity contribution is -0.138. The van der Waals surface area contributed by atoms with E-state index in [0.717, 1.165) is 13.0 Å². The Balaban J connectivity index is 4.93. The normalized spacial score (nSPS) is 13.4. The van der Waals surface area contributed by atoms with Crippen molar-refractivity contribution in [3.05, 3.63) is 0 Å². The summed E-state index contributed by atoms with van der Waals surface area (Å²) in [7, 11) is 3.91. The molecule has 0 aliphatic rings. The van der Waals surface area contributed by atoms with Crippen molar-refractivity contribution in [1.82, 2.24) is 15.1 Å². The van der Waals surface area contributed by atoms with Crippen molar-refractivity contribution < 1.29 is 14.7 Å². The van der Waals surface area contributed by atoms with Crippen molar-refractivity contribution in [2.45, 2.75) is 52.6 Å². The van der Waals surface area contributed by atoms with E-state index in [-0.39, 0.29) is 18.6 Å².